The molecule has 4 rings (SSSR count). The Morgan fingerprint density at radius 2 is 2.15 bits per heavy atom. The Balaban J connectivity index is 1.68. The van der Waals surface area contributed by atoms with E-state index in [4.69, 9.17) is 21.2 Å². The van der Waals surface area contributed by atoms with Gasteiger partial charge in [0.2, 0.25) is 0 Å². The van der Waals surface area contributed by atoms with Gasteiger partial charge >= 0.3 is 0 Å². The highest BCUT2D eigenvalue weighted by Crippen LogP contribution is 2.37. The molecule has 2 aliphatic heterocycles. The van der Waals surface area contributed by atoms with E-state index in [2.05, 4.69) is 16.3 Å². The van der Waals surface area contributed by atoms with Gasteiger partial charge in [-0.05, 0) is 36.8 Å². The largest absolute Gasteiger partial charge is 0.360 e. The van der Waals surface area contributed by atoms with Gasteiger partial charge in [-0.2, -0.15) is 0 Å². The van der Waals surface area contributed by atoms with Gasteiger partial charge in [-0.25, -0.2) is 0 Å². The van der Waals surface area contributed by atoms with Gasteiger partial charge in [0.25, 0.3) is 0 Å². The van der Waals surface area contributed by atoms with Crippen LogP contribution in [0.2, 0.25) is 5.02 Å². The summed E-state index contributed by atoms with van der Waals surface area (Å²) in [7, 11) is 3.28. The van der Waals surface area contributed by atoms with Gasteiger partial charge in [0.15, 0.2) is 12.0 Å². The van der Waals surface area contributed by atoms with E-state index in [1.165, 1.54) is 0 Å². The van der Waals surface area contributed by atoms with Gasteiger partial charge in [-0.15, -0.1) is 5.06 Å². The highest BCUT2D eigenvalue weighted by molar-refractivity contribution is 6.30. The van der Waals surface area contributed by atoms with Crippen LogP contribution in [-0.4, -0.2) is 49.4 Å². The van der Waals surface area contributed by atoms with Crippen LogP contribution >= 0.6 is 11.6 Å². The molecule has 0 bridgehead atoms. The molecule has 1 atom stereocenters. The molecular formula is C20H22ClN3O3. The van der Waals surface area contributed by atoms with Crippen LogP contribution in [0.4, 0.5) is 5.69 Å². The third-order valence-corrected chi connectivity index (χ3v) is 5.31. The minimum Gasteiger partial charge on any atom is -0.360 e. The van der Waals surface area contributed by atoms with E-state index in [1.807, 2.05) is 30.3 Å². The van der Waals surface area contributed by atoms with E-state index in [-0.39, 0.29) is 12.0 Å². The van der Waals surface area contributed by atoms with Crippen LogP contribution in [0.25, 0.3) is 0 Å². The maximum Gasteiger partial charge on any atom is 0.165 e. The summed E-state index contributed by atoms with van der Waals surface area (Å²) in [5.74, 6) is 0.167. The molecule has 1 aliphatic carbocycles. The van der Waals surface area contributed by atoms with E-state index in [0.717, 1.165) is 41.2 Å². The van der Waals surface area contributed by atoms with Gasteiger partial charge in [0.1, 0.15) is 0 Å². The predicted molar refractivity (Wildman–Crippen MR) is 104 cm³/mol. The minimum atomic E-state index is -0.289. The molecule has 0 fully saturated rings. The summed E-state index contributed by atoms with van der Waals surface area (Å²) in [5.41, 5.74) is 4.63. The van der Waals surface area contributed by atoms with Crippen molar-refractivity contribution in [3.8, 4) is 0 Å². The number of allylic oxidation sites excluding steroid dienone is 2. The van der Waals surface area contributed by atoms with Gasteiger partial charge in [-0.1, -0.05) is 17.7 Å². The second-order valence-electron chi connectivity index (χ2n) is 6.73. The third kappa shape index (κ3) is 3.53. The average Bonchev–Trinajstić information content (AvgIpc) is 2.66. The number of hydroxylamine groups is 2. The number of Topliss-reactive ketones (excluding diaryl/α,β-unsaturated/α-hetero) is 1. The molecule has 0 amide bonds. The SMILES string of the molecule is COC1C=C2C3=C(CCN2CN1OC)C(=O)CC(Nc1cccc(Cl)c1)=C3. The molecule has 0 aromatic heterocycles. The molecule has 0 saturated carbocycles. The number of hydrogen-bond donors (Lipinski definition) is 1. The van der Waals surface area contributed by atoms with Crippen molar-refractivity contribution >= 4 is 23.1 Å². The van der Waals surface area contributed by atoms with Crippen LogP contribution < -0.4 is 5.32 Å². The van der Waals surface area contributed by atoms with Crippen molar-refractivity contribution in [1.82, 2.24) is 9.96 Å². The number of nitrogens with zero attached hydrogens (tertiary/aromatic N) is 2. The van der Waals surface area contributed by atoms with Crippen molar-refractivity contribution in [2.45, 2.75) is 19.1 Å². The van der Waals surface area contributed by atoms with Crippen LogP contribution in [-0.2, 0) is 14.4 Å². The van der Waals surface area contributed by atoms with Crippen LogP contribution in [0.5, 0.6) is 0 Å². The summed E-state index contributed by atoms with van der Waals surface area (Å²) in [4.78, 5) is 20.4. The van der Waals surface area contributed by atoms with Gasteiger partial charge in [0.05, 0.1) is 20.2 Å². The van der Waals surface area contributed by atoms with Gasteiger partial charge in [-0.3, -0.25) is 9.63 Å². The summed E-state index contributed by atoms with van der Waals surface area (Å²) in [6.07, 6.45) is 4.90. The van der Waals surface area contributed by atoms with E-state index in [9.17, 15) is 4.79 Å². The zero-order valence-corrected chi connectivity index (χ0v) is 16.1. The fraction of sp³-hybridized carbons (Fsp3) is 0.350. The Hall–Kier alpha value is -2.12. The molecule has 3 aliphatic rings. The molecule has 7 heteroatoms. The lowest BCUT2D eigenvalue weighted by atomic mass is 9.86. The second kappa shape index (κ2) is 7.48. The predicted octanol–water partition coefficient (Wildman–Crippen LogP) is 3.30. The first kappa shape index (κ1) is 18.3. The number of ketones is 1. The maximum atomic E-state index is 12.8. The number of methoxy groups -OCH3 is 1. The van der Waals surface area contributed by atoms with Crippen molar-refractivity contribution in [2.24, 2.45) is 0 Å². The molecule has 1 aromatic rings. The molecular weight excluding hydrogens is 366 g/mol. The first-order valence-electron chi connectivity index (χ1n) is 8.89. The number of anilines is 1. The van der Waals surface area contributed by atoms with Crippen LogP contribution in [0.1, 0.15) is 12.8 Å². The zero-order chi connectivity index (χ0) is 19.0. The second-order valence-corrected chi connectivity index (χ2v) is 7.17. The number of fused-ring (bicyclic) bond motifs is 2. The first-order valence-corrected chi connectivity index (χ1v) is 9.27. The minimum absolute atomic E-state index is 0.167. The van der Waals surface area contributed by atoms with E-state index in [1.54, 1.807) is 19.3 Å². The molecule has 27 heavy (non-hydrogen) atoms. The number of halogens is 1. The topological polar surface area (TPSA) is 54.0 Å². The molecule has 0 radical (unpaired) electrons. The highest BCUT2D eigenvalue weighted by Gasteiger charge is 2.35. The summed E-state index contributed by atoms with van der Waals surface area (Å²) in [6, 6.07) is 7.49. The summed E-state index contributed by atoms with van der Waals surface area (Å²) >= 11 is 6.07. The maximum absolute atomic E-state index is 12.8. The summed E-state index contributed by atoms with van der Waals surface area (Å²) < 4.78 is 5.53. The van der Waals surface area contributed by atoms with E-state index in [0.29, 0.717) is 18.1 Å². The highest BCUT2D eigenvalue weighted by atomic mass is 35.5. The molecule has 1 aromatic carbocycles. The Labute approximate surface area is 163 Å². The fourth-order valence-corrected chi connectivity index (χ4v) is 3.96. The first-order chi connectivity index (χ1) is 13.1. The number of carbonyl (C=O) groups is 1. The Kier molecular flexibility index (Phi) is 5.06. The fourth-order valence-electron chi connectivity index (χ4n) is 3.77. The molecule has 142 valence electrons. The summed E-state index contributed by atoms with van der Waals surface area (Å²) in [6.45, 7) is 1.38. The summed E-state index contributed by atoms with van der Waals surface area (Å²) in [5, 5.41) is 5.76. The number of hydrogen-bond acceptors (Lipinski definition) is 6. The number of nitrogens with one attached hydrogen (secondary N) is 1. The number of carbonyl (C=O) groups excluding carboxylic acids is 1. The quantitative estimate of drug-likeness (QED) is 0.855. The lowest BCUT2D eigenvalue weighted by Gasteiger charge is -2.43. The van der Waals surface area contributed by atoms with Crippen LogP contribution in [0.15, 0.2) is 59.0 Å². The van der Waals surface area contributed by atoms with Crippen molar-refractivity contribution in [2.75, 3.05) is 32.7 Å². The van der Waals surface area contributed by atoms with Crippen molar-refractivity contribution in [3.05, 3.63) is 64.0 Å². The molecule has 1 N–H and O–H groups in total. The standard InChI is InChI=1S/C20H22ClN3O3/c1-26-20-11-18-17-9-15(22-14-5-3-4-13(21)8-14)10-19(25)16(17)6-7-23(18)12-24(20)27-2/h3-5,8-9,11,20,22H,6-7,10,12H2,1-2H3. The Bertz CT molecular complexity index is 862. The average molecular weight is 388 g/mol. The van der Waals surface area contributed by atoms with Crippen LogP contribution in [0.3, 0.4) is 0 Å². The zero-order valence-electron chi connectivity index (χ0n) is 15.4. The smallest absolute Gasteiger partial charge is 0.165 e. The lowest BCUT2D eigenvalue weighted by Crippen LogP contribution is -2.49. The van der Waals surface area contributed by atoms with E-state index < -0.39 is 0 Å². The number of ether oxygens (including phenoxy) is 1. The van der Waals surface area contributed by atoms with Gasteiger partial charge < -0.3 is 15.0 Å². The van der Waals surface area contributed by atoms with Crippen molar-refractivity contribution < 1.29 is 14.4 Å². The molecule has 2 heterocycles. The van der Waals surface area contributed by atoms with Crippen molar-refractivity contribution in [3.63, 3.8) is 0 Å². The lowest BCUT2D eigenvalue weighted by molar-refractivity contribution is -0.235. The monoisotopic (exact) mass is 387 g/mol. The van der Waals surface area contributed by atoms with Crippen molar-refractivity contribution in [1.29, 1.82) is 0 Å². The molecule has 6 nitrogen and oxygen atoms in total. The van der Waals surface area contributed by atoms with Gasteiger partial charge in [0, 0.05) is 46.9 Å². The number of benzene rings is 1. The molecule has 0 spiro atoms. The number of rotatable bonds is 4. The normalized spacial score (nSPS) is 22.9. The molecule has 0 saturated heterocycles. The van der Waals surface area contributed by atoms with Crippen LogP contribution in [0, 0.1) is 0 Å². The third-order valence-electron chi connectivity index (χ3n) is 5.08. The molecule has 1 unspecified atom stereocenters. The Morgan fingerprint density at radius 1 is 1.30 bits per heavy atom. The van der Waals surface area contributed by atoms with E-state index >= 15 is 0 Å². The Morgan fingerprint density at radius 3 is 2.89 bits per heavy atom.